The van der Waals surface area contributed by atoms with E-state index >= 15 is 0 Å². The van der Waals surface area contributed by atoms with Crippen LogP contribution in [-0.2, 0) is 0 Å². The molecule has 0 unspecified atom stereocenters. The number of hydrogen-bond acceptors (Lipinski definition) is 4. The molecule has 0 aliphatic heterocycles. The summed E-state index contributed by atoms with van der Waals surface area (Å²) in [5, 5.41) is 20.3. The average Bonchev–Trinajstić information content (AvgIpc) is 2.61. The summed E-state index contributed by atoms with van der Waals surface area (Å²) in [6.45, 7) is 2.01. The van der Waals surface area contributed by atoms with Crippen molar-refractivity contribution in [3.63, 3.8) is 0 Å². The molecule has 16 heavy (non-hydrogen) atoms. The van der Waals surface area contributed by atoms with Crippen molar-refractivity contribution in [3.05, 3.63) is 40.8 Å². The molecule has 0 radical (unpaired) electrons. The minimum absolute atomic E-state index is 0.397. The van der Waals surface area contributed by atoms with Crippen molar-refractivity contribution in [3.8, 4) is 10.4 Å². The standard InChI is InChI=1S/C12H13NO2S/c1-7-2-4-8(5-3-7)11-10(12(14)15)9(13)6-16-11/h2-6,12,14-15H,13H2,1H3. The molecular weight excluding hydrogens is 222 g/mol. The Hall–Kier alpha value is -1.36. The first-order chi connectivity index (χ1) is 7.59. The predicted molar refractivity (Wildman–Crippen MR) is 66.1 cm³/mol. The second-order valence-electron chi connectivity index (χ2n) is 3.67. The first-order valence-electron chi connectivity index (χ1n) is 4.89. The number of rotatable bonds is 2. The molecule has 84 valence electrons. The highest BCUT2D eigenvalue weighted by Crippen LogP contribution is 2.37. The highest BCUT2D eigenvalue weighted by molar-refractivity contribution is 7.14. The fourth-order valence-corrected chi connectivity index (χ4v) is 2.57. The van der Waals surface area contributed by atoms with E-state index in [2.05, 4.69) is 0 Å². The van der Waals surface area contributed by atoms with E-state index in [0.29, 0.717) is 11.3 Å². The lowest BCUT2D eigenvalue weighted by Gasteiger charge is -2.07. The number of thiophene rings is 1. The zero-order valence-electron chi connectivity index (χ0n) is 8.84. The van der Waals surface area contributed by atoms with Crippen LogP contribution < -0.4 is 5.73 Å². The van der Waals surface area contributed by atoms with Gasteiger partial charge in [-0.3, -0.25) is 0 Å². The number of aryl methyl sites for hydroxylation is 1. The zero-order valence-corrected chi connectivity index (χ0v) is 9.66. The van der Waals surface area contributed by atoms with Crippen LogP contribution in [0, 0.1) is 6.92 Å². The van der Waals surface area contributed by atoms with E-state index in [-0.39, 0.29) is 0 Å². The van der Waals surface area contributed by atoms with Crippen LogP contribution in [0.15, 0.2) is 29.6 Å². The second-order valence-corrected chi connectivity index (χ2v) is 4.55. The Morgan fingerprint density at radius 3 is 2.38 bits per heavy atom. The normalized spacial score (nSPS) is 11.0. The molecule has 0 aliphatic rings. The van der Waals surface area contributed by atoms with Crippen molar-refractivity contribution in [2.24, 2.45) is 0 Å². The highest BCUT2D eigenvalue weighted by atomic mass is 32.1. The fraction of sp³-hybridized carbons (Fsp3) is 0.167. The number of nitrogens with two attached hydrogens (primary N) is 1. The van der Waals surface area contributed by atoms with Gasteiger partial charge in [0.05, 0.1) is 5.69 Å². The van der Waals surface area contributed by atoms with E-state index in [1.54, 1.807) is 5.38 Å². The van der Waals surface area contributed by atoms with Gasteiger partial charge in [0.1, 0.15) is 0 Å². The van der Waals surface area contributed by atoms with Gasteiger partial charge in [0, 0.05) is 15.8 Å². The lowest BCUT2D eigenvalue weighted by atomic mass is 10.1. The Balaban J connectivity index is 2.52. The third-order valence-corrected chi connectivity index (χ3v) is 3.49. The molecule has 3 nitrogen and oxygen atoms in total. The van der Waals surface area contributed by atoms with E-state index < -0.39 is 6.29 Å². The van der Waals surface area contributed by atoms with Gasteiger partial charge in [-0.05, 0) is 12.5 Å². The number of benzene rings is 1. The molecule has 1 heterocycles. The summed E-state index contributed by atoms with van der Waals surface area (Å²) in [5.74, 6) is 0. The number of aliphatic hydroxyl groups is 2. The Kier molecular flexibility index (Phi) is 2.96. The number of anilines is 1. The summed E-state index contributed by atoms with van der Waals surface area (Å²) >= 11 is 1.42. The molecular formula is C12H13NO2S. The van der Waals surface area contributed by atoms with Crippen LogP contribution in [0.25, 0.3) is 10.4 Å². The minimum Gasteiger partial charge on any atom is -0.398 e. The summed E-state index contributed by atoms with van der Waals surface area (Å²) in [6, 6.07) is 7.87. The highest BCUT2D eigenvalue weighted by Gasteiger charge is 2.16. The molecule has 0 bridgehead atoms. The van der Waals surface area contributed by atoms with Crippen molar-refractivity contribution < 1.29 is 10.2 Å². The molecule has 1 aromatic heterocycles. The topological polar surface area (TPSA) is 66.5 Å². The van der Waals surface area contributed by atoms with E-state index in [1.165, 1.54) is 16.9 Å². The molecule has 2 aromatic rings. The Morgan fingerprint density at radius 1 is 1.19 bits per heavy atom. The summed E-state index contributed by atoms with van der Waals surface area (Å²) in [6.07, 6.45) is -1.53. The van der Waals surface area contributed by atoms with Gasteiger partial charge in [-0.2, -0.15) is 0 Å². The Labute approximate surface area is 97.8 Å². The van der Waals surface area contributed by atoms with Crippen molar-refractivity contribution in [1.82, 2.24) is 0 Å². The quantitative estimate of drug-likeness (QED) is 0.700. The maximum Gasteiger partial charge on any atom is 0.181 e. The second kappa shape index (κ2) is 4.25. The van der Waals surface area contributed by atoms with Gasteiger partial charge < -0.3 is 15.9 Å². The Bertz CT molecular complexity index is 488. The first kappa shape index (κ1) is 11.1. The lowest BCUT2D eigenvalue weighted by molar-refractivity contribution is -0.0411. The van der Waals surface area contributed by atoms with Crippen molar-refractivity contribution >= 4 is 17.0 Å². The van der Waals surface area contributed by atoms with E-state index in [9.17, 15) is 10.2 Å². The van der Waals surface area contributed by atoms with Crippen LogP contribution in [0.2, 0.25) is 0 Å². The Morgan fingerprint density at radius 2 is 1.81 bits per heavy atom. The van der Waals surface area contributed by atoms with Crippen molar-refractivity contribution in [1.29, 1.82) is 0 Å². The summed E-state index contributed by atoms with van der Waals surface area (Å²) in [7, 11) is 0. The maximum atomic E-state index is 9.27. The molecule has 1 aromatic carbocycles. The fourth-order valence-electron chi connectivity index (χ4n) is 1.58. The third kappa shape index (κ3) is 1.95. The van der Waals surface area contributed by atoms with Gasteiger partial charge in [-0.1, -0.05) is 29.8 Å². The van der Waals surface area contributed by atoms with Crippen LogP contribution in [0.4, 0.5) is 5.69 Å². The van der Waals surface area contributed by atoms with E-state index in [4.69, 9.17) is 5.73 Å². The largest absolute Gasteiger partial charge is 0.398 e. The minimum atomic E-state index is -1.53. The third-order valence-electron chi connectivity index (χ3n) is 2.43. The molecule has 0 atom stereocenters. The van der Waals surface area contributed by atoms with Crippen LogP contribution in [0.3, 0.4) is 0 Å². The maximum absolute atomic E-state index is 9.27. The van der Waals surface area contributed by atoms with Crippen LogP contribution in [0.5, 0.6) is 0 Å². The van der Waals surface area contributed by atoms with Gasteiger partial charge >= 0.3 is 0 Å². The predicted octanol–water partition coefficient (Wildman–Crippen LogP) is 2.29. The van der Waals surface area contributed by atoms with Gasteiger partial charge in [-0.25, -0.2) is 0 Å². The molecule has 4 heteroatoms. The van der Waals surface area contributed by atoms with Gasteiger partial charge in [0.2, 0.25) is 0 Å². The van der Waals surface area contributed by atoms with Crippen LogP contribution in [-0.4, -0.2) is 10.2 Å². The monoisotopic (exact) mass is 235 g/mol. The van der Waals surface area contributed by atoms with E-state index in [0.717, 1.165) is 10.4 Å². The zero-order chi connectivity index (χ0) is 11.7. The molecule has 2 rings (SSSR count). The average molecular weight is 235 g/mol. The number of hydrogen-bond donors (Lipinski definition) is 3. The lowest BCUT2D eigenvalue weighted by Crippen LogP contribution is -1.99. The van der Waals surface area contributed by atoms with Crippen molar-refractivity contribution in [2.75, 3.05) is 5.73 Å². The van der Waals surface area contributed by atoms with E-state index in [1.807, 2.05) is 31.2 Å². The molecule has 0 aliphatic carbocycles. The molecule has 0 saturated carbocycles. The van der Waals surface area contributed by atoms with Crippen LogP contribution in [0.1, 0.15) is 17.4 Å². The SMILES string of the molecule is Cc1ccc(-c2scc(N)c2C(O)O)cc1. The number of nitrogen functional groups attached to an aromatic ring is 1. The molecule has 0 spiro atoms. The molecule has 0 fully saturated rings. The summed E-state index contributed by atoms with van der Waals surface area (Å²) < 4.78 is 0. The van der Waals surface area contributed by atoms with Crippen LogP contribution >= 0.6 is 11.3 Å². The molecule has 4 N–H and O–H groups in total. The van der Waals surface area contributed by atoms with Crippen molar-refractivity contribution in [2.45, 2.75) is 13.2 Å². The summed E-state index contributed by atoms with van der Waals surface area (Å²) in [5.41, 5.74) is 8.64. The van der Waals surface area contributed by atoms with Gasteiger partial charge in [0.25, 0.3) is 0 Å². The summed E-state index contributed by atoms with van der Waals surface area (Å²) in [4.78, 5) is 0.813. The molecule has 0 amide bonds. The molecule has 0 saturated heterocycles. The van der Waals surface area contributed by atoms with Gasteiger partial charge in [0.15, 0.2) is 6.29 Å². The first-order valence-corrected chi connectivity index (χ1v) is 5.77. The van der Waals surface area contributed by atoms with Gasteiger partial charge in [-0.15, -0.1) is 11.3 Å². The number of aliphatic hydroxyl groups excluding tert-OH is 1. The smallest absolute Gasteiger partial charge is 0.181 e.